The summed E-state index contributed by atoms with van der Waals surface area (Å²) < 4.78 is 25.1. The van der Waals surface area contributed by atoms with Crippen molar-refractivity contribution in [3.8, 4) is 0 Å². The van der Waals surface area contributed by atoms with Gasteiger partial charge in [0.1, 0.15) is 5.15 Å². The van der Waals surface area contributed by atoms with Gasteiger partial charge in [0, 0.05) is 0 Å². The molecule has 1 N–H and O–H groups in total. The molecule has 1 aliphatic rings. The molecular weight excluding hydrogens is 326 g/mol. The van der Waals surface area contributed by atoms with Crippen LogP contribution in [0.25, 0.3) is 0 Å². The molecule has 1 saturated heterocycles. The van der Waals surface area contributed by atoms with E-state index in [9.17, 15) is 8.42 Å². The Morgan fingerprint density at radius 1 is 1.36 bits per heavy atom. The Bertz CT molecular complexity index is 818. The largest absolute Gasteiger partial charge is 0.336 e. The summed E-state index contributed by atoms with van der Waals surface area (Å²) in [6, 6.07) is -0.107. The van der Waals surface area contributed by atoms with Crippen molar-refractivity contribution in [1.82, 2.24) is 19.7 Å². The molecule has 1 unspecified atom stereocenters. The van der Waals surface area contributed by atoms with Crippen molar-refractivity contribution in [2.45, 2.75) is 26.3 Å². The minimum atomic E-state index is -2.95. The highest BCUT2D eigenvalue weighted by Gasteiger charge is 2.31. The van der Waals surface area contributed by atoms with Crippen molar-refractivity contribution < 1.29 is 8.42 Å². The molecule has 2 aromatic heterocycles. The van der Waals surface area contributed by atoms with Crippen LogP contribution < -0.4 is 5.32 Å². The molecule has 22 heavy (non-hydrogen) atoms. The number of hydrogen-bond donors (Lipinski definition) is 1. The van der Waals surface area contributed by atoms with E-state index in [2.05, 4.69) is 20.4 Å². The van der Waals surface area contributed by atoms with Crippen LogP contribution in [0.1, 0.15) is 23.9 Å². The van der Waals surface area contributed by atoms with Crippen LogP contribution in [0.5, 0.6) is 0 Å². The van der Waals surface area contributed by atoms with E-state index in [0.29, 0.717) is 17.4 Å². The monoisotopic (exact) mass is 341 g/mol. The number of anilines is 2. The summed E-state index contributed by atoms with van der Waals surface area (Å²) in [6.45, 7) is 3.78. The zero-order valence-electron chi connectivity index (χ0n) is 12.2. The predicted molar refractivity (Wildman–Crippen MR) is 84.3 cm³/mol. The predicted octanol–water partition coefficient (Wildman–Crippen LogP) is 2.05. The van der Waals surface area contributed by atoms with Crippen LogP contribution in [0.3, 0.4) is 0 Å². The minimum absolute atomic E-state index is 0.107. The second-order valence-corrected chi connectivity index (χ2v) is 8.02. The zero-order valence-corrected chi connectivity index (χ0v) is 13.8. The van der Waals surface area contributed by atoms with E-state index in [0.717, 1.165) is 17.1 Å². The summed E-state index contributed by atoms with van der Waals surface area (Å²) in [4.78, 5) is 8.12. The molecule has 0 radical (unpaired) electrons. The van der Waals surface area contributed by atoms with Gasteiger partial charge in [-0.3, -0.25) is 9.67 Å². The average molecular weight is 342 g/mol. The molecule has 3 rings (SSSR count). The summed E-state index contributed by atoms with van der Waals surface area (Å²) in [5, 5.41) is 7.94. The molecule has 0 aliphatic carbocycles. The molecule has 1 fully saturated rings. The van der Waals surface area contributed by atoms with E-state index >= 15 is 0 Å². The number of halogens is 1. The van der Waals surface area contributed by atoms with Crippen LogP contribution in [0.15, 0.2) is 12.4 Å². The standard InChI is InChI=1S/C13H16ClN5O2S/c1-8-13(17-12-6-15-5-11(14)16-12)9(2)19(18-8)10-3-4-22(20,21)7-10/h5-6,10H,3-4,7H2,1-2H3,(H,16,17). The maximum atomic E-state index is 11.7. The van der Waals surface area contributed by atoms with E-state index in [4.69, 9.17) is 11.6 Å². The zero-order chi connectivity index (χ0) is 15.9. The van der Waals surface area contributed by atoms with Gasteiger partial charge in [-0.05, 0) is 20.3 Å². The third kappa shape index (κ3) is 2.93. The van der Waals surface area contributed by atoms with Gasteiger partial charge in [-0.2, -0.15) is 5.10 Å². The SMILES string of the molecule is Cc1nn(C2CCS(=O)(=O)C2)c(C)c1Nc1cncc(Cl)n1. The minimum Gasteiger partial charge on any atom is -0.336 e. The van der Waals surface area contributed by atoms with Crippen molar-refractivity contribution >= 4 is 32.9 Å². The highest BCUT2D eigenvalue weighted by atomic mass is 35.5. The first kappa shape index (κ1) is 15.2. The van der Waals surface area contributed by atoms with Gasteiger partial charge >= 0.3 is 0 Å². The Labute approximate surface area is 133 Å². The fourth-order valence-electron chi connectivity index (χ4n) is 2.70. The first-order chi connectivity index (χ1) is 10.4. The van der Waals surface area contributed by atoms with E-state index in [1.54, 1.807) is 10.9 Å². The van der Waals surface area contributed by atoms with Gasteiger partial charge in [0.05, 0.1) is 47.0 Å². The number of sulfone groups is 1. The number of nitrogens with one attached hydrogen (secondary N) is 1. The quantitative estimate of drug-likeness (QED) is 0.918. The number of aromatic nitrogens is 4. The van der Waals surface area contributed by atoms with Gasteiger partial charge in [0.25, 0.3) is 0 Å². The molecular formula is C13H16ClN5O2S. The first-order valence-electron chi connectivity index (χ1n) is 6.86. The van der Waals surface area contributed by atoms with E-state index in [1.807, 2.05) is 13.8 Å². The van der Waals surface area contributed by atoms with Gasteiger partial charge in [-0.15, -0.1) is 0 Å². The summed E-state index contributed by atoms with van der Waals surface area (Å²) in [7, 11) is -2.95. The third-order valence-corrected chi connectivity index (χ3v) is 5.67. The van der Waals surface area contributed by atoms with Crippen molar-refractivity contribution in [1.29, 1.82) is 0 Å². The highest BCUT2D eigenvalue weighted by molar-refractivity contribution is 7.91. The molecule has 0 aromatic carbocycles. The molecule has 0 saturated carbocycles. The van der Waals surface area contributed by atoms with Gasteiger partial charge < -0.3 is 5.32 Å². The van der Waals surface area contributed by atoms with E-state index < -0.39 is 9.84 Å². The number of aryl methyl sites for hydroxylation is 1. The highest BCUT2D eigenvalue weighted by Crippen LogP contribution is 2.30. The van der Waals surface area contributed by atoms with Crippen LogP contribution >= 0.6 is 11.6 Å². The Balaban J connectivity index is 1.91. The molecule has 118 valence electrons. The average Bonchev–Trinajstić information content (AvgIpc) is 2.93. The fraction of sp³-hybridized carbons (Fsp3) is 0.462. The maximum Gasteiger partial charge on any atom is 0.152 e. The molecule has 1 atom stereocenters. The number of nitrogens with zero attached hydrogens (tertiary/aromatic N) is 4. The van der Waals surface area contributed by atoms with Crippen molar-refractivity contribution in [3.63, 3.8) is 0 Å². The summed E-state index contributed by atoms with van der Waals surface area (Å²) in [5.41, 5.74) is 2.46. The Hall–Kier alpha value is -1.67. The molecule has 7 nitrogen and oxygen atoms in total. The molecule has 2 aromatic rings. The second-order valence-electron chi connectivity index (χ2n) is 5.40. The summed E-state index contributed by atoms with van der Waals surface area (Å²) in [5.74, 6) is 0.890. The van der Waals surface area contributed by atoms with Crippen LogP contribution in [0.2, 0.25) is 5.15 Å². The van der Waals surface area contributed by atoms with Gasteiger partial charge in [-0.25, -0.2) is 13.4 Å². The molecule has 9 heteroatoms. The molecule has 0 spiro atoms. The van der Waals surface area contributed by atoms with Crippen molar-refractivity contribution in [2.75, 3.05) is 16.8 Å². The smallest absolute Gasteiger partial charge is 0.152 e. The molecule has 3 heterocycles. The Kier molecular flexibility index (Phi) is 3.82. The Morgan fingerprint density at radius 3 is 2.77 bits per heavy atom. The Morgan fingerprint density at radius 2 is 2.14 bits per heavy atom. The van der Waals surface area contributed by atoms with E-state index in [-0.39, 0.29) is 17.5 Å². The molecule has 0 amide bonds. The van der Waals surface area contributed by atoms with Crippen LogP contribution in [-0.2, 0) is 9.84 Å². The lowest BCUT2D eigenvalue weighted by atomic mass is 10.2. The summed E-state index contributed by atoms with van der Waals surface area (Å²) in [6.07, 6.45) is 3.63. The van der Waals surface area contributed by atoms with Crippen molar-refractivity contribution in [3.05, 3.63) is 28.9 Å². The first-order valence-corrected chi connectivity index (χ1v) is 9.06. The van der Waals surface area contributed by atoms with Gasteiger partial charge in [0.2, 0.25) is 0 Å². The lowest BCUT2D eigenvalue weighted by molar-refractivity contribution is 0.486. The van der Waals surface area contributed by atoms with E-state index in [1.165, 1.54) is 6.20 Å². The van der Waals surface area contributed by atoms with Gasteiger partial charge in [0.15, 0.2) is 15.7 Å². The van der Waals surface area contributed by atoms with Crippen LogP contribution in [0.4, 0.5) is 11.5 Å². The van der Waals surface area contributed by atoms with Crippen LogP contribution in [0, 0.1) is 13.8 Å². The lowest BCUT2D eigenvalue weighted by Crippen LogP contribution is -2.14. The van der Waals surface area contributed by atoms with Gasteiger partial charge in [-0.1, -0.05) is 11.6 Å². The number of hydrogen-bond acceptors (Lipinski definition) is 6. The normalized spacial score (nSPS) is 20.2. The third-order valence-electron chi connectivity index (χ3n) is 3.74. The summed E-state index contributed by atoms with van der Waals surface area (Å²) >= 11 is 5.83. The fourth-order valence-corrected chi connectivity index (χ4v) is 4.54. The van der Waals surface area contributed by atoms with Crippen molar-refractivity contribution in [2.24, 2.45) is 0 Å². The molecule has 1 aliphatic heterocycles. The number of rotatable bonds is 3. The molecule has 0 bridgehead atoms. The van der Waals surface area contributed by atoms with Crippen LogP contribution in [-0.4, -0.2) is 39.7 Å². The second kappa shape index (κ2) is 5.51. The topological polar surface area (TPSA) is 89.8 Å². The maximum absolute atomic E-state index is 11.7. The lowest BCUT2D eigenvalue weighted by Gasteiger charge is -2.11.